The van der Waals surface area contributed by atoms with Crippen LogP contribution in [0, 0.1) is 0 Å². The topological polar surface area (TPSA) is 75.9 Å². The highest BCUT2D eigenvalue weighted by molar-refractivity contribution is 5.85. The quantitative estimate of drug-likeness (QED) is 0.684. The molecule has 0 spiro atoms. The van der Waals surface area contributed by atoms with E-state index in [0.29, 0.717) is 12.1 Å². The number of aromatic nitrogens is 5. The molecule has 3 aromatic heterocycles. The van der Waals surface area contributed by atoms with Crippen molar-refractivity contribution in [3.63, 3.8) is 0 Å². The number of hydrogen-bond acceptors (Lipinski definition) is 4. The highest BCUT2D eigenvalue weighted by Gasteiger charge is 2.10. The van der Waals surface area contributed by atoms with Gasteiger partial charge in [-0.25, -0.2) is 15.0 Å². The molecule has 0 aliphatic rings. The van der Waals surface area contributed by atoms with Crippen LogP contribution >= 0.6 is 0 Å². The molecule has 0 saturated heterocycles. The van der Waals surface area contributed by atoms with Crippen molar-refractivity contribution in [3.8, 4) is 0 Å². The third-order valence-corrected chi connectivity index (χ3v) is 2.44. The van der Waals surface area contributed by atoms with Crippen LogP contribution in [0.4, 0.5) is 0 Å². The molecule has 3 heterocycles. The smallest absolute Gasteiger partial charge is 0.182 e. The fourth-order valence-corrected chi connectivity index (χ4v) is 1.76. The minimum atomic E-state index is 0.103. The lowest BCUT2D eigenvalue weighted by Crippen LogP contribution is -2.01. The Labute approximate surface area is 90.4 Å². The number of nitrogens with one attached hydrogen (secondary N) is 1. The van der Waals surface area contributed by atoms with Crippen LogP contribution < -0.4 is 0 Å². The molecule has 80 valence electrons. The van der Waals surface area contributed by atoms with Crippen LogP contribution in [-0.4, -0.2) is 30.1 Å². The summed E-state index contributed by atoms with van der Waals surface area (Å²) in [7, 11) is 0. The van der Waals surface area contributed by atoms with Gasteiger partial charge in [0, 0.05) is 12.6 Å². The lowest BCUT2D eigenvalue weighted by Gasteiger charge is -1.98. The van der Waals surface area contributed by atoms with Gasteiger partial charge in [-0.1, -0.05) is 0 Å². The fourth-order valence-electron chi connectivity index (χ4n) is 1.76. The molecule has 6 heteroatoms. The monoisotopic (exact) mass is 215 g/mol. The van der Waals surface area contributed by atoms with Crippen LogP contribution in [-0.2, 0) is 11.2 Å². The second-order valence-corrected chi connectivity index (χ2v) is 3.67. The molecule has 3 rings (SSSR count). The third kappa shape index (κ3) is 1.19. The zero-order valence-corrected chi connectivity index (χ0v) is 8.64. The Morgan fingerprint density at radius 1 is 1.44 bits per heavy atom. The van der Waals surface area contributed by atoms with Crippen LogP contribution in [0.5, 0.6) is 0 Å². The Bertz CT molecular complexity index is 681. The lowest BCUT2D eigenvalue weighted by atomic mass is 10.2. The maximum absolute atomic E-state index is 11.1. The second kappa shape index (κ2) is 3.13. The molecule has 0 aliphatic heterocycles. The van der Waals surface area contributed by atoms with Crippen molar-refractivity contribution >= 4 is 22.6 Å². The predicted molar refractivity (Wildman–Crippen MR) is 57.0 cm³/mol. The number of carbonyl (C=O) groups is 1. The number of carbonyl (C=O) groups excluding carboxylic acids is 1. The summed E-state index contributed by atoms with van der Waals surface area (Å²) in [5.74, 6) is 0.103. The molecule has 0 radical (unpaired) electrons. The number of aromatic amines is 1. The predicted octanol–water partition coefficient (Wildman–Crippen LogP) is 0.737. The summed E-state index contributed by atoms with van der Waals surface area (Å²) in [6.45, 7) is 1.56. The number of fused-ring (bicyclic) bond motifs is 3. The van der Waals surface area contributed by atoms with E-state index >= 15 is 0 Å². The van der Waals surface area contributed by atoms with Gasteiger partial charge in [-0.15, -0.1) is 0 Å². The molecule has 0 saturated carbocycles. The van der Waals surface area contributed by atoms with Crippen molar-refractivity contribution in [2.45, 2.75) is 13.3 Å². The molecule has 1 N–H and O–H groups in total. The molecule has 0 bridgehead atoms. The van der Waals surface area contributed by atoms with E-state index in [-0.39, 0.29) is 5.78 Å². The Hall–Kier alpha value is -2.24. The fraction of sp³-hybridized carbons (Fsp3) is 0.200. The molecule has 0 aromatic carbocycles. The highest BCUT2D eigenvalue weighted by Crippen LogP contribution is 2.14. The number of hydrogen-bond donors (Lipinski definition) is 1. The average molecular weight is 215 g/mol. The van der Waals surface area contributed by atoms with E-state index in [0.717, 1.165) is 16.9 Å². The van der Waals surface area contributed by atoms with E-state index < -0.39 is 0 Å². The minimum absolute atomic E-state index is 0.103. The number of nitrogens with zero attached hydrogens (tertiary/aromatic N) is 4. The first-order valence-corrected chi connectivity index (χ1v) is 4.89. The third-order valence-electron chi connectivity index (χ3n) is 2.44. The van der Waals surface area contributed by atoms with Crippen molar-refractivity contribution in [1.29, 1.82) is 0 Å². The normalized spacial score (nSPS) is 11.3. The van der Waals surface area contributed by atoms with Gasteiger partial charge in [0.05, 0.1) is 12.0 Å². The van der Waals surface area contributed by atoms with Gasteiger partial charge < -0.3 is 4.98 Å². The second-order valence-electron chi connectivity index (χ2n) is 3.67. The van der Waals surface area contributed by atoms with E-state index in [1.54, 1.807) is 25.8 Å². The Morgan fingerprint density at radius 3 is 3.12 bits per heavy atom. The molecule has 0 atom stereocenters. The summed E-state index contributed by atoms with van der Waals surface area (Å²) in [4.78, 5) is 26.6. The van der Waals surface area contributed by atoms with Crippen molar-refractivity contribution in [2.75, 3.05) is 0 Å². The Kier molecular flexibility index (Phi) is 1.76. The molecule has 0 aliphatic carbocycles. The standard InChI is InChI=1S/C10H9N5O/c1-6(16)2-7-3-11-10-8-9(13-4-12-8)14-5-15(7)10/h3-5H,2H2,1H3,(H,12,13). The highest BCUT2D eigenvalue weighted by atomic mass is 16.1. The Balaban J connectivity index is 2.30. The molecular weight excluding hydrogens is 206 g/mol. The van der Waals surface area contributed by atoms with Crippen molar-refractivity contribution in [1.82, 2.24) is 24.3 Å². The molecule has 6 nitrogen and oxygen atoms in total. The number of ketones is 1. The van der Waals surface area contributed by atoms with Gasteiger partial charge in [-0.2, -0.15) is 0 Å². The van der Waals surface area contributed by atoms with Crippen LogP contribution in [0.1, 0.15) is 12.6 Å². The van der Waals surface area contributed by atoms with Crippen molar-refractivity contribution in [2.24, 2.45) is 0 Å². The average Bonchev–Trinajstić information content (AvgIpc) is 2.82. The van der Waals surface area contributed by atoms with Crippen molar-refractivity contribution in [3.05, 3.63) is 24.5 Å². The molecule has 0 fully saturated rings. The first-order valence-electron chi connectivity index (χ1n) is 4.89. The van der Waals surface area contributed by atoms with E-state index in [4.69, 9.17) is 0 Å². The maximum atomic E-state index is 11.1. The summed E-state index contributed by atoms with van der Waals surface area (Å²) in [5, 5.41) is 0. The minimum Gasteiger partial charge on any atom is -0.340 e. The maximum Gasteiger partial charge on any atom is 0.182 e. The SMILES string of the molecule is CC(=O)Cc1cnc2c3[nH]cnc3ncn12. The first kappa shape index (κ1) is 9.02. The molecule has 16 heavy (non-hydrogen) atoms. The summed E-state index contributed by atoms with van der Waals surface area (Å²) in [6.07, 6.45) is 5.28. The summed E-state index contributed by atoms with van der Waals surface area (Å²) < 4.78 is 1.81. The van der Waals surface area contributed by atoms with Gasteiger partial charge in [0.15, 0.2) is 11.3 Å². The van der Waals surface area contributed by atoms with Crippen molar-refractivity contribution < 1.29 is 4.79 Å². The summed E-state index contributed by atoms with van der Waals surface area (Å²) in [6, 6.07) is 0. The Morgan fingerprint density at radius 2 is 2.31 bits per heavy atom. The van der Waals surface area contributed by atoms with Gasteiger partial charge >= 0.3 is 0 Å². The number of Topliss-reactive ketones (excluding diaryl/α,β-unsaturated/α-hetero) is 1. The van der Waals surface area contributed by atoms with Gasteiger partial charge in [-0.05, 0) is 6.92 Å². The molecular formula is C10H9N5O. The van der Waals surface area contributed by atoms with Crippen LogP contribution in [0.2, 0.25) is 0 Å². The number of rotatable bonds is 2. The van der Waals surface area contributed by atoms with E-state index in [1.165, 1.54) is 0 Å². The van der Waals surface area contributed by atoms with Gasteiger partial charge in [0.1, 0.15) is 17.6 Å². The number of imidazole rings is 2. The zero-order chi connectivity index (χ0) is 11.1. The molecule has 0 amide bonds. The molecule has 0 unspecified atom stereocenters. The first-order chi connectivity index (χ1) is 7.75. The molecule has 3 aromatic rings. The zero-order valence-electron chi connectivity index (χ0n) is 8.64. The van der Waals surface area contributed by atoms with E-state index in [2.05, 4.69) is 19.9 Å². The summed E-state index contributed by atoms with van der Waals surface area (Å²) in [5.41, 5.74) is 3.01. The summed E-state index contributed by atoms with van der Waals surface area (Å²) >= 11 is 0. The lowest BCUT2D eigenvalue weighted by molar-refractivity contribution is -0.116. The largest absolute Gasteiger partial charge is 0.340 e. The van der Waals surface area contributed by atoms with Crippen LogP contribution in [0.15, 0.2) is 18.9 Å². The van der Waals surface area contributed by atoms with Gasteiger partial charge in [0.2, 0.25) is 0 Å². The van der Waals surface area contributed by atoms with Gasteiger partial charge in [0.25, 0.3) is 0 Å². The van der Waals surface area contributed by atoms with Crippen LogP contribution in [0.25, 0.3) is 16.8 Å². The van der Waals surface area contributed by atoms with Crippen LogP contribution in [0.3, 0.4) is 0 Å². The van der Waals surface area contributed by atoms with Gasteiger partial charge in [-0.3, -0.25) is 9.20 Å². The van der Waals surface area contributed by atoms with E-state index in [1.807, 2.05) is 4.40 Å². The van der Waals surface area contributed by atoms with E-state index in [9.17, 15) is 4.79 Å². The number of H-pyrrole nitrogens is 1.